The molecule has 1 heterocycles. The van der Waals surface area contributed by atoms with Crippen LogP contribution in [0.2, 0.25) is 4.47 Å². The second kappa shape index (κ2) is 6.81. The van der Waals surface area contributed by atoms with Gasteiger partial charge in [0.25, 0.3) is 0 Å². The van der Waals surface area contributed by atoms with Gasteiger partial charge < -0.3 is 10.4 Å². The summed E-state index contributed by atoms with van der Waals surface area (Å²) in [5.41, 5.74) is 2.76. The van der Waals surface area contributed by atoms with E-state index in [0.29, 0.717) is 22.1 Å². The van der Waals surface area contributed by atoms with E-state index in [2.05, 4.69) is 10.3 Å². The van der Waals surface area contributed by atoms with E-state index >= 15 is 0 Å². The van der Waals surface area contributed by atoms with Gasteiger partial charge in [0.2, 0.25) is 0 Å². The fourth-order valence-corrected chi connectivity index (χ4v) is 3.19. The maximum Gasteiger partial charge on any atom is 0.336 e. The molecule has 23 heavy (non-hydrogen) atoms. The molecule has 0 spiro atoms. The predicted octanol–water partition coefficient (Wildman–Crippen LogP) is 4.77. The number of benzene rings is 2. The summed E-state index contributed by atoms with van der Waals surface area (Å²) in [6.07, 6.45) is 1.74. The van der Waals surface area contributed by atoms with Crippen molar-refractivity contribution in [3.05, 3.63) is 69.6 Å². The van der Waals surface area contributed by atoms with Gasteiger partial charge in [-0.05, 0) is 29.3 Å². The van der Waals surface area contributed by atoms with Crippen LogP contribution in [0.1, 0.15) is 15.2 Å². The van der Waals surface area contributed by atoms with E-state index in [9.17, 15) is 9.90 Å². The summed E-state index contributed by atoms with van der Waals surface area (Å²) in [7, 11) is 0. The summed E-state index contributed by atoms with van der Waals surface area (Å²) in [4.78, 5) is 16.4. The van der Waals surface area contributed by atoms with E-state index in [1.165, 1.54) is 11.3 Å². The van der Waals surface area contributed by atoms with Crippen LogP contribution in [0.3, 0.4) is 0 Å². The van der Waals surface area contributed by atoms with Crippen LogP contribution in [0.25, 0.3) is 11.1 Å². The molecule has 0 saturated heterocycles. The molecule has 0 bridgehead atoms. The van der Waals surface area contributed by atoms with Gasteiger partial charge in [0.15, 0.2) is 4.47 Å². The maximum atomic E-state index is 11.4. The molecule has 0 amide bonds. The Bertz CT molecular complexity index is 848. The summed E-state index contributed by atoms with van der Waals surface area (Å²) in [5, 5.41) is 12.6. The Hall–Kier alpha value is -2.37. The third-order valence-electron chi connectivity index (χ3n) is 3.32. The van der Waals surface area contributed by atoms with Gasteiger partial charge in [-0.2, -0.15) is 0 Å². The highest BCUT2D eigenvalue weighted by molar-refractivity contribution is 7.15. The van der Waals surface area contributed by atoms with E-state index < -0.39 is 5.97 Å². The molecular weight excluding hydrogens is 332 g/mol. The average molecular weight is 345 g/mol. The Morgan fingerprint density at radius 3 is 2.78 bits per heavy atom. The maximum absolute atomic E-state index is 11.4. The molecule has 0 atom stereocenters. The third-order valence-corrected chi connectivity index (χ3v) is 4.44. The van der Waals surface area contributed by atoms with Gasteiger partial charge in [0.1, 0.15) is 0 Å². The number of hydrogen-bond acceptors (Lipinski definition) is 4. The van der Waals surface area contributed by atoms with Crippen molar-refractivity contribution in [2.45, 2.75) is 6.54 Å². The van der Waals surface area contributed by atoms with Crippen molar-refractivity contribution in [1.29, 1.82) is 0 Å². The van der Waals surface area contributed by atoms with Crippen LogP contribution in [0, 0.1) is 0 Å². The minimum Gasteiger partial charge on any atom is -0.478 e. The Morgan fingerprint density at radius 2 is 2.04 bits per heavy atom. The van der Waals surface area contributed by atoms with E-state index in [4.69, 9.17) is 11.6 Å². The summed E-state index contributed by atoms with van der Waals surface area (Å²) in [5.74, 6) is -0.932. The molecule has 0 fully saturated rings. The van der Waals surface area contributed by atoms with Crippen molar-refractivity contribution in [3.8, 4) is 11.1 Å². The zero-order valence-electron chi connectivity index (χ0n) is 12.0. The normalized spacial score (nSPS) is 10.5. The summed E-state index contributed by atoms with van der Waals surface area (Å²) >= 11 is 7.25. The van der Waals surface area contributed by atoms with E-state index in [-0.39, 0.29) is 0 Å². The van der Waals surface area contributed by atoms with Gasteiger partial charge in [-0.15, -0.1) is 11.3 Å². The molecule has 3 aromatic rings. The number of halogens is 1. The van der Waals surface area contributed by atoms with Crippen LogP contribution in [-0.2, 0) is 6.54 Å². The Labute approximate surface area is 142 Å². The summed E-state index contributed by atoms with van der Waals surface area (Å²) in [6.45, 7) is 0.619. The van der Waals surface area contributed by atoms with Gasteiger partial charge in [0.05, 0.1) is 12.1 Å². The summed E-state index contributed by atoms with van der Waals surface area (Å²) in [6, 6.07) is 14.7. The van der Waals surface area contributed by atoms with Crippen molar-refractivity contribution in [1.82, 2.24) is 4.98 Å². The van der Waals surface area contributed by atoms with Crippen molar-refractivity contribution < 1.29 is 9.90 Å². The Balaban J connectivity index is 1.84. The molecule has 2 N–H and O–H groups in total. The highest BCUT2D eigenvalue weighted by Gasteiger charge is 2.11. The first kappa shape index (κ1) is 15.5. The molecule has 6 heteroatoms. The van der Waals surface area contributed by atoms with Crippen LogP contribution in [0.15, 0.2) is 54.7 Å². The van der Waals surface area contributed by atoms with E-state index in [1.807, 2.05) is 36.4 Å². The number of carboxylic acids is 1. The van der Waals surface area contributed by atoms with E-state index in [0.717, 1.165) is 16.1 Å². The molecule has 1 aromatic heterocycles. The molecule has 4 nitrogen and oxygen atoms in total. The van der Waals surface area contributed by atoms with Gasteiger partial charge in [-0.3, -0.25) is 0 Å². The minimum absolute atomic E-state index is 0.291. The minimum atomic E-state index is -0.932. The number of carbonyl (C=O) groups is 1. The summed E-state index contributed by atoms with van der Waals surface area (Å²) < 4.78 is 0.519. The zero-order chi connectivity index (χ0) is 16.2. The number of hydrogen-bond donors (Lipinski definition) is 2. The molecule has 2 aromatic carbocycles. The quantitative estimate of drug-likeness (QED) is 0.699. The van der Waals surface area contributed by atoms with Crippen LogP contribution in [0.5, 0.6) is 0 Å². The van der Waals surface area contributed by atoms with Crippen molar-refractivity contribution >= 4 is 34.6 Å². The largest absolute Gasteiger partial charge is 0.478 e. The SMILES string of the molecule is O=C(O)c1ccccc1-c1cccc(NCc2cnc(Cl)s2)c1. The highest BCUT2D eigenvalue weighted by atomic mass is 35.5. The second-order valence-corrected chi connectivity index (χ2v) is 6.56. The predicted molar refractivity (Wildman–Crippen MR) is 93.3 cm³/mol. The monoisotopic (exact) mass is 344 g/mol. The van der Waals surface area contributed by atoms with Crippen LogP contribution in [-0.4, -0.2) is 16.1 Å². The molecule has 0 aliphatic rings. The number of aromatic carboxylic acids is 1. The lowest BCUT2D eigenvalue weighted by molar-refractivity contribution is 0.0697. The van der Waals surface area contributed by atoms with Crippen molar-refractivity contribution in [2.24, 2.45) is 0 Å². The number of nitrogens with zero attached hydrogens (tertiary/aromatic N) is 1. The van der Waals surface area contributed by atoms with Gasteiger partial charge in [-0.1, -0.05) is 41.9 Å². The van der Waals surface area contributed by atoms with Crippen molar-refractivity contribution in [2.75, 3.05) is 5.32 Å². The molecule has 0 unspecified atom stereocenters. The van der Waals surface area contributed by atoms with Gasteiger partial charge in [-0.25, -0.2) is 9.78 Å². The number of aromatic nitrogens is 1. The van der Waals surface area contributed by atoms with Gasteiger partial charge in [0, 0.05) is 16.8 Å². The van der Waals surface area contributed by atoms with Crippen LogP contribution >= 0.6 is 22.9 Å². The molecule has 116 valence electrons. The zero-order valence-corrected chi connectivity index (χ0v) is 13.6. The topological polar surface area (TPSA) is 62.2 Å². The molecule has 0 radical (unpaired) electrons. The van der Waals surface area contributed by atoms with E-state index in [1.54, 1.807) is 18.3 Å². The fraction of sp³-hybridized carbons (Fsp3) is 0.0588. The lowest BCUT2D eigenvalue weighted by Crippen LogP contribution is -2.00. The number of anilines is 1. The Kier molecular flexibility index (Phi) is 4.60. The van der Waals surface area contributed by atoms with Crippen LogP contribution < -0.4 is 5.32 Å². The fourth-order valence-electron chi connectivity index (χ4n) is 2.27. The smallest absolute Gasteiger partial charge is 0.336 e. The first-order valence-corrected chi connectivity index (χ1v) is 8.10. The standard InChI is InChI=1S/C17H13ClN2O2S/c18-17-20-10-13(23-17)9-19-12-5-3-4-11(8-12)14-6-1-2-7-15(14)16(21)22/h1-8,10,19H,9H2,(H,21,22). The number of nitrogens with one attached hydrogen (secondary N) is 1. The third kappa shape index (κ3) is 3.70. The first-order valence-electron chi connectivity index (χ1n) is 6.90. The highest BCUT2D eigenvalue weighted by Crippen LogP contribution is 2.27. The number of thiazole rings is 1. The van der Waals surface area contributed by atoms with Gasteiger partial charge >= 0.3 is 5.97 Å². The molecule has 0 aliphatic heterocycles. The first-order chi connectivity index (χ1) is 11.1. The Morgan fingerprint density at radius 1 is 1.22 bits per heavy atom. The molecule has 0 saturated carbocycles. The van der Waals surface area contributed by atoms with Crippen molar-refractivity contribution in [3.63, 3.8) is 0 Å². The molecular formula is C17H13ClN2O2S. The second-order valence-electron chi connectivity index (χ2n) is 4.86. The average Bonchev–Trinajstić information content (AvgIpc) is 2.99. The molecule has 3 rings (SSSR count). The number of carboxylic acid groups (broad SMARTS) is 1. The lowest BCUT2D eigenvalue weighted by atomic mass is 9.99. The lowest BCUT2D eigenvalue weighted by Gasteiger charge is -2.09. The van der Waals surface area contributed by atoms with Crippen LogP contribution in [0.4, 0.5) is 5.69 Å². The number of rotatable bonds is 5. The molecule has 0 aliphatic carbocycles.